The van der Waals surface area contributed by atoms with Crippen LogP contribution in [0.15, 0.2) is 42.5 Å². The number of benzene rings is 2. The van der Waals surface area contributed by atoms with Gasteiger partial charge < -0.3 is 15.4 Å². The summed E-state index contributed by atoms with van der Waals surface area (Å²) in [6.07, 6.45) is 0.972. The van der Waals surface area contributed by atoms with Crippen LogP contribution in [0.1, 0.15) is 19.8 Å². The number of rotatable bonds is 6. The van der Waals surface area contributed by atoms with Gasteiger partial charge in [-0.05, 0) is 56.2 Å². The molecule has 0 saturated heterocycles. The third-order valence-electron chi connectivity index (χ3n) is 4.24. The molecule has 0 aromatic heterocycles. The van der Waals surface area contributed by atoms with Crippen molar-refractivity contribution >= 4 is 46.4 Å². The first-order valence-corrected chi connectivity index (χ1v) is 9.01. The van der Waals surface area contributed by atoms with E-state index in [0.717, 1.165) is 5.75 Å². The first kappa shape index (κ1) is 18.5. The predicted octanol–water partition coefficient (Wildman–Crippen LogP) is 4.75. The molecule has 0 bridgehead atoms. The Morgan fingerprint density at radius 3 is 2.31 bits per heavy atom. The lowest BCUT2D eigenvalue weighted by atomic mass is 10.0. The monoisotopic (exact) mass is 392 g/mol. The number of hydrogen-bond acceptors (Lipinski definition) is 3. The Labute approximate surface area is 161 Å². The SMILES string of the molecule is CCOc1ccc(NC(=O)C2(C(=O)Nc3cccc(Cl)c3Cl)CC2)cc1. The summed E-state index contributed by atoms with van der Waals surface area (Å²) in [5.41, 5.74) is -0.0767. The van der Waals surface area contributed by atoms with Crippen molar-refractivity contribution in [3.05, 3.63) is 52.5 Å². The van der Waals surface area contributed by atoms with Crippen LogP contribution in [-0.2, 0) is 9.59 Å². The van der Waals surface area contributed by atoms with E-state index in [1.165, 1.54) is 0 Å². The van der Waals surface area contributed by atoms with Gasteiger partial charge in [0.1, 0.15) is 11.2 Å². The first-order chi connectivity index (χ1) is 12.5. The molecule has 1 fully saturated rings. The summed E-state index contributed by atoms with van der Waals surface area (Å²) in [5, 5.41) is 6.10. The molecular weight excluding hydrogens is 375 g/mol. The van der Waals surface area contributed by atoms with Gasteiger partial charge in [-0.1, -0.05) is 29.3 Å². The van der Waals surface area contributed by atoms with E-state index in [-0.39, 0.29) is 16.8 Å². The number of anilines is 2. The standard InChI is InChI=1S/C19H18Cl2N2O3/c1-2-26-13-8-6-12(7-9-13)22-17(24)19(10-11-19)18(25)23-15-5-3-4-14(20)16(15)21/h3-9H,2,10-11H2,1H3,(H,22,24)(H,23,25). The Balaban J connectivity index is 1.68. The second-order valence-electron chi connectivity index (χ2n) is 6.05. The number of amides is 2. The highest BCUT2D eigenvalue weighted by Gasteiger charge is 2.56. The smallest absolute Gasteiger partial charge is 0.240 e. The summed E-state index contributed by atoms with van der Waals surface area (Å²) in [6, 6.07) is 12.0. The Morgan fingerprint density at radius 1 is 1.04 bits per heavy atom. The number of carbonyl (C=O) groups excluding carboxylic acids is 2. The maximum absolute atomic E-state index is 12.6. The van der Waals surface area contributed by atoms with Crippen molar-refractivity contribution in [3.63, 3.8) is 0 Å². The van der Waals surface area contributed by atoms with E-state index in [2.05, 4.69) is 10.6 Å². The minimum Gasteiger partial charge on any atom is -0.494 e. The van der Waals surface area contributed by atoms with Gasteiger partial charge in [0.25, 0.3) is 0 Å². The molecule has 1 aliphatic carbocycles. The van der Waals surface area contributed by atoms with Crippen molar-refractivity contribution in [3.8, 4) is 5.75 Å². The lowest BCUT2D eigenvalue weighted by Gasteiger charge is -2.16. The average Bonchev–Trinajstić information content (AvgIpc) is 3.43. The summed E-state index contributed by atoms with van der Waals surface area (Å²) in [7, 11) is 0. The zero-order valence-corrected chi connectivity index (χ0v) is 15.7. The van der Waals surface area contributed by atoms with Crippen LogP contribution in [0.5, 0.6) is 5.75 Å². The highest BCUT2D eigenvalue weighted by atomic mass is 35.5. The van der Waals surface area contributed by atoms with Gasteiger partial charge in [-0.2, -0.15) is 0 Å². The largest absolute Gasteiger partial charge is 0.494 e. The fourth-order valence-electron chi connectivity index (χ4n) is 2.58. The van der Waals surface area contributed by atoms with Gasteiger partial charge in [-0.3, -0.25) is 9.59 Å². The van der Waals surface area contributed by atoms with Crippen LogP contribution in [-0.4, -0.2) is 18.4 Å². The second kappa shape index (κ2) is 7.56. The van der Waals surface area contributed by atoms with Gasteiger partial charge in [-0.25, -0.2) is 0 Å². The summed E-state index contributed by atoms with van der Waals surface area (Å²) in [6.45, 7) is 2.47. The molecule has 7 heteroatoms. The Bertz CT molecular complexity index is 833. The summed E-state index contributed by atoms with van der Waals surface area (Å²) in [4.78, 5) is 25.3. The molecule has 1 saturated carbocycles. The highest BCUT2D eigenvalue weighted by molar-refractivity contribution is 6.44. The van der Waals surface area contributed by atoms with E-state index < -0.39 is 5.41 Å². The van der Waals surface area contributed by atoms with E-state index in [4.69, 9.17) is 27.9 Å². The number of halogens is 2. The van der Waals surface area contributed by atoms with E-state index in [0.29, 0.717) is 35.8 Å². The second-order valence-corrected chi connectivity index (χ2v) is 6.83. The molecule has 2 N–H and O–H groups in total. The minimum atomic E-state index is -1.08. The quantitative estimate of drug-likeness (QED) is 0.696. The molecule has 0 aliphatic heterocycles. The molecule has 26 heavy (non-hydrogen) atoms. The molecule has 2 amide bonds. The van der Waals surface area contributed by atoms with Crippen molar-refractivity contribution in [2.75, 3.05) is 17.2 Å². The third-order valence-corrected chi connectivity index (χ3v) is 5.06. The van der Waals surface area contributed by atoms with Crippen molar-refractivity contribution in [2.45, 2.75) is 19.8 Å². The van der Waals surface area contributed by atoms with Gasteiger partial charge in [-0.15, -0.1) is 0 Å². The maximum Gasteiger partial charge on any atom is 0.240 e. The minimum absolute atomic E-state index is 0.255. The van der Waals surface area contributed by atoms with Crippen molar-refractivity contribution in [1.82, 2.24) is 0 Å². The van der Waals surface area contributed by atoms with Crippen LogP contribution in [0.3, 0.4) is 0 Å². The van der Waals surface area contributed by atoms with Crippen molar-refractivity contribution in [2.24, 2.45) is 5.41 Å². The molecule has 0 atom stereocenters. The Morgan fingerprint density at radius 2 is 1.69 bits per heavy atom. The zero-order valence-electron chi connectivity index (χ0n) is 14.1. The fraction of sp³-hybridized carbons (Fsp3) is 0.263. The Kier molecular flexibility index (Phi) is 5.39. The van der Waals surface area contributed by atoms with Crippen LogP contribution >= 0.6 is 23.2 Å². The topological polar surface area (TPSA) is 67.4 Å². The fourth-order valence-corrected chi connectivity index (χ4v) is 2.92. The normalized spacial score (nSPS) is 14.4. The third kappa shape index (κ3) is 3.79. The first-order valence-electron chi connectivity index (χ1n) is 8.26. The van der Waals surface area contributed by atoms with Gasteiger partial charge in [0, 0.05) is 5.69 Å². The summed E-state index contributed by atoms with van der Waals surface area (Å²) < 4.78 is 5.37. The predicted molar refractivity (Wildman–Crippen MR) is 103 cm³/mol. The van der Waals surface area contributed by atoms with Gasteiger partial charge in [0.05, 0.1) is 22.3 Å². The van der Waals surface area contributed by atoms with Crippen LogP contribution in [0, 0.1) is 5.41 Å². The summed E-state index contributed by atoms with van der Waals surface area (Å²) >= 11 is 12.1. The maximum atomic E-state index is 12.6. The van der Waals surface area contributed by atoms with E-state index in [9.17, 15) is 9.59 Å². The molecule has 2 aromatic carbocycles. The molecule has 136 valence electrons. The number of hydrogen-bond donors (Lipinski definition) is 2. The van der Waals surface area contributed by atoms with Gasteiger partial charge in [0.2, 0.25) is 11.8 Å². The van der Waals surface area contributed by atoms with Gasteiger partial charge in [0.15, 0.2) is 0 Å². The lowest BCUT2D eigenvalue weighted by Crippen LogP contribution is -2.35. The summed E-state index contributed by atoms with van der Waals surface area (Å²) in [5.74, 6) is 0.00221. The average molecular weight is 393 g/mol. The molecule has 0 spiro atoms. The molecule has 0 radical (unpaired) electrons. The zero-order chi connectivity index (χ0) is 18.7. The van der Waals surface area contributed by atoms with Crippen LogP contribution < -0.4 is 15.4 Å². The molecule has 1 aliphatic rings. The van der Waals surface area contributed by atoms with E-state index in [1.807, 2.05) is 6.92 Å². The van der Waals surface area contributed by atoms with Crippen LogP contribution in [0.25, 0.3) is 0 Å². The molecular formula is C19H18Cl2N2O3. The van der Waals surface area contributed by atoms with Crippen LogP contribution in [0.2, 0.25) is 10.0 Å². The van der Waals surface area contributed by atoms with Crippen LogP contribution in [0.4, 0.5) is 11.4 Å². The molecule has 5 nitrogen and oxygen atoms in total. The lowest BCUT2D eigenvalue weighted by molar-refractivity contribution is -0.131. The van der Waals surface area contributed by atoms with Crippen molar-refractivity contribution in [1.29, 1.82) is 0 Å². The molecule has 3 rings (SSSR count). The highest BCUT2D eigenvalue weighted by Crippen LogP contribution is 2.48. The molecule has 0 heterocycles. The molecule has 2 aromatic rings. The number of carbonyl (C=O) groups is 2. The Hall–Kier alpha value is -2.24. The molecule has 0 unspecified atom stereocenters. The number of nitrogens with one attached hydrogen (secondary N) is 2. The van der Waals surface area contributed by atoms with Gasteiger partial charge >= 0.3 is 0 Å². The van der Waals surface area contributed by atoms with E-state index >= 15 is 0 Å². The van der Waals surface area contributed by atoms with E-state index in [1.54, 1.807) is 42.5 Å². The number of ether oxygens (including phenoxy) is 1. The van der Waals surface area contributed by atoms with Crippen molar-refractivity contribution < 1.29 is 14.3 Å².